The van der Waals surface area contributed by atoms with E-state index in [0.29, 0.717) is 5.92 Å². The molecule has 205 valence electrons. The van der Waals surface area contributed by atoms with Gasteiger partial charge in [-0.05, 0) is 37.1 Å². The molecule has 2 bridgehead atoms. The largest absolute Gasteiger partial charge is 0.513 e. The number of rotatable bonds is 4. The van der Waals surface area contributed by atoms with Gasteiger partial charge >= 0.3 is 90.3 Å². The normalized spacial score (nSPS) is 21.5. The monoisotopic (exact) mass is 633 g/mol. The van der Waals surface area contributed by atoms with Gasteiger partial charge in [-0.1, -0.05) is 94.9 Å². The van der Waals surface area contributed by atoms with Crippen LogP contribution in [-0.2, 0) is 21.1 Å². The van der Waals surface area contributed by atoms with Gasteiger partial charge in [0.15, 0.2) is 0 Å². The van der Waals surface area contributed by atoms with Gasteiger partial charge in [-0.2, -0.15) is 0 Å². The van der Waals surface area contributed by atoms with E-state index in [9.17, 15) is 0 Å². The number of halogens is 1. The van der Waals surface area contributed by atoms with Crippen molar-refractivity contribution in [2.75, 3.05) is 4.90 Å². The van der Waals surface area contributed by atoms with Crippen LogP contribution in [0.1, 0.15) is 61.4 Å². The van der Waals surface area contributed by atoms with E-state index < -0.39 is 0 Å². The van der Waals surface area contributed by atoms with Crippen LogP contribution >= 0.6 is 9.69 Å². The molecule has 3 aliphatic carbocycles. The van der Waals surface area contributed by atoms with Crippen LogP contribution in [0.15, 0.2) is 115 Å². The van der Waals surface area contributed by atoms with Crippen LogP contribution < -0.4 is 9.64 Å². The average molecular weight is 633 g/mol. The van der Waals surface area contributed by atoms with Crippen molar-refractivity contribution in [3.8, 4) is 5.75 Å². The summed E-state index contributed by atoms with van der Waals surface area (Å²) in [6.45, 7) is 11.3. The molecule has 0 amide bonds. The number of benzene rings is 4. The molecule has 8 rings (SSSR count). The van der Waals surface area contributed by atoms with Crippen LogP contribution in [0.4, 0.5) is 5.69 Å². The Hall–Kier alpha value is -3.00. The van der Waals surface area contributed by atoms with Crippen molar-refractivity contribution in [3.63, 3.8) is 0 Å². The Bertz CT molecular complexity index is 1540. The SMILES string of the molecule is CC(C)Oc1ccccc1[CH]=[Ru][Cl].CC1(C)C2=CC3c4ccccc4C2([CH-]N1c1ccccc1)c1ccccc13. The third kappa shape index (κ3) is 4.39. The molecule has 1 aliphatic heterocycles. The van der Waals surface area contributed by atoms with E-state index in [-0.39, 0.29) is 32.7 Å². The minimum Gasteiger partial charge on any atom is -0.513 e. The zero-order valence-electron chi connectivity index (χ0n) is 23.3. The summed E-state index contributed by atoms with van der Waals surface area (Å²) in [4.78, 5) is 2.49. The molecule has 4 aromatic carbocycles. The number of hydrogen-bond acceptors (Lipinski definition) is 2. The first kappa shape index (κ1) is 27.2. The molecule has 0 saturated carbocycles. The Labute approximate surface area is 249 Å². The predicted octanol–water partition coefficient (Wildman–Crippen LogP) is 8.68. The topological polar surface area (TPSA) is 12.5 Å². The summed E-state index contributed by atoms with van der Waals surface area (Å²) in [5.41, 5.74) is 9.47. The Morgan fingerprint density at radius 2 is 1.40 bits per heavy atom. The van der Waals surface area contributed by atoms with Crippen molar-refractivity contribution >= 4 is 20.0 Å². The van der Waals surface area contributed by atoms with Gasteiger partial charge in [-0.25, -0.2) is 6.54 Å². The van der Waals surface area contributed by atoms with E-state index in [1.807, 2.05) is 42.7 Å². The first-order valence-corrected chi connectivity index (χ1v) is 17.0. The Balaban J connectivity index is 0.000000189. The molecule has 0 radical (unpaired) electrons. The summed E-state index contributed by atoms with van der Waals surface area (Å²) < 4.78 is 7.66. The molecule has 0 unspecified atom stereocenters. The van der Waals surface area contributed by atoms with Gasteiger partial charge in [0, 0.05) is 17.1 Å². The molecular formula is C36H34ClNORu-. The molecule has 4 aromatic rings. The fourth-order valence-electron chi connectivity index (χ4n) is 6.67. The van der Waals surface area contributed by atoms with Crippen LogP contribution in [-0.4, -0.2) is 16.3 Å². The van der Waals surface area contributed by atoms with Crippen molar-refractivity contribution in [3.05, 3.63) is 149 Å². The number of anilines is 1. The van der Waals surface area contributed by atoms with E-state index in [4.69, 9.17) is 14.4 Å². The van der Waals surface area contributed by atoms with Crippen LogP contribution in [0, 0.1) is 6.54 Å². The maximum absolute atomic E-state index is 5.72. The smallest absolute Gasteiger partial charge is 0.0276 e. The molecule has 40 heavy (non-hydrogen) atoms. The maximum atomic E-state index is 5.72. The van der Waals surface area contributed by atoms with Gasteiger partial charge in [-0.15, -0.1) is 0 Å². The second-order valence-corrected chi connectivity index (χ2v) is 13.1. The first-order valence-electron chi connectivity index (χ1n) is 13.8. The number of ether oxygens (including phenoxy) is 1. The molecular weight excluding hydrogens is 599 g/mol. The summed E-state index contributed by atoms with van der Waals surface area (Å²) in [6, 6.07) is 36.8. The minimum absolute atomic E-state index is 0.0688. The second-order valence-electron chi connectivity index (χ2n) is 11.3. The fourth-order valence-corrected chi connectivity index (χ4v) is 7.78. The molecule has 0 N–H and O–H groups in total. The van der Waals surface area contributed by atoms with Gasteiger partial charge in [0.05, 0.1) is 0 Å². The van der Waals surface area contributed by atoms with Crippen molar-refractivity contribution < 1.29 is 20.4 Å². The molecule has 0 atom stereocenters. The summed E-state index contributed by atoms with van der Waals surface area (Å²) in [6.07, 6.45) is 2.75. The second kappa shape index (κ2) is 10.8. The summed E-state index contributed by atoms with van der Waals surface area (Å²) in [5.74, 6) is 1.28. The van der Waals surface area contributed by atoms with E-state index >= 15 is 0 Å². The molecule has 1 spiro atoms. The third-order valence-electron chi connectivity index (χ3n) is 8.25. The van der Waals surface area contributed by atoms with Crippen molar-refractivity contribution in [1.82, 2.24) is 0 Å². The Morgan fingerprint density at radius 1 is 0.825 bits per heavy atom. The molecule has 0 aromatic heterocycles. The summed E-state index contributed by atoms with van der Waals surface area (Å²) >= 11 is -0.191. The van der Waals surface area contributed by atoms with Crippen molar-refractivity contribution in [1.29, 1.82) is 0 Å². The minimum atomic E-state index is -0.191. The maximum Gasteiger partial charge on any atom is 0.0276 e. The molecule has 4 aliphatic rings. The van der Waals surface area contributed by atoms with Crippen LogP contribution in [0.3, 0.4) is 0 Å². The van der Waals surface area contributed by atoms with Gasteiger partial charge in [0.25, 0.3) is 0 Å². The van der Waals surface area contributed by atoms with Crippen molar-refractivity contribution in [2.24, 2.45) is 0 Å². The molecule has 1 saturated heterocycles. The first-order chi connectivity index (χ1) is 19.4. The number of para-hydroxylation sites is 2. The van der Waals surface area contributed by atoms with E-state index in [1.54, 1.807) is 0 Å². The predicted molar refractivity (Wildman–Crippen MR) is 164 cm³/mol. The summed E-state index contributed by atoms with van der Waals surface area (Å²) in [7, 11) is 5.72. The Morgan fingerprint density at radius 3 is 2.02 bits per heavy atom. The van der Waals surface area contributed by atoms with E-state index in [1.165, 1.54) is 33.5 Å². The van der Waals surface area contributed by atoms with Gasteiger partial charge < -0.3 is 4.90 Å². The van der Waals surface area contributed by atoms with Crippen LogP contribution in [0.25, 0.3) is 0 Å². The average Bonchev–Trinajstić information content (AvgIpc) is 3.23. The standard InChI is InChI=1S/C26H22N.C10H12O.ClH.Ru/c1-25(2)24-16-21-19-12-6-8-14-22(19)26(24,23-15-9-7-13-20(21)23)17-27(25)18-10-4-3-5-11-18;1-8(2)11-10-7-5-4-6-9(10)3;;/h3-17,21H,1-2H3;3-8H,1-2H3;1H;/q-1;;;+1/p-1. The van der Waals surface area contributed by atoms with Gasteiger partial charge in [0.1, 0.15) is 0 Å². The molecule has 1 fully saturated rings. The van der Waals surface area contributed by atoms with E-state index in [0.717, 1.165) is 11.3 Å². The van der Waals surface area contributed by atoms with E-state index in [2.05, 4.69) is 110 Å². The number of allylic oxidation sites excluding steroid dienone is 1. The fraction of sp³-hybridized carbons (Fsp3) is 0.222. The molecule has 1 heterocycles. The number of hydrogen-bond donors (Lipinski definition) is 0. The van der Waals surface area contributed by atoms with Crippen LogP contribution in [0.5, 0.6) is 5.75 Å². The summed E-state index contributed by atoms with van der Waals surface area (Å²) in [5, 5.41) is 0. The van der Waals surface area contributed by atoms with Gasteiger partial charge in [0.2, 0.25) is 0 Å². The number of nitrogens with zero attached hydrogens (tertiary/aromatic N) is 1. The third-order valence-corrected chi connectivity index (χ3v) is 9.43. The van der Waals surface area contributed by atoms with Crippen LogP contribution in [0.2, 0.25) is 0 Å². The Kier molecular flexibility index (Phi) is 7.32. The zero-order chi connectivity index (χ0) is 27.9. The van der Waals surface area contributed by atoms with Gasteiger partial charge in [-0.3, -0.25) is 0 Å². The van der Waals surface area contributed by atoms with Crippen molar-refractivity contribution in [2.45, 2.75) is 50.7 Å². The quantitative estimate of drug-likeness (QED) is 0.127. The zero-order valence-corrected chi connectivity index (χ0v) is 25.8. The molecule has 4 heteroatoms. The molecule has 2 nitrogen and oxygen atoms in total.